The van der Waals surface area contributed by atoms with Crippen LogP contribution in [-0.4, -0.2) is 28.6 Å². The number of benzene rings is 1. The van der Waals surface area contributed by atoms with Crippen LogP contribution in [0.4, 0.5) is 11.6 Å². The van der Waals surface area contributed by atoms with Crippen LogP contribution in [0.25, 0.3) is 0 Å². The average molecular weight is 333 g/mol. The van der Waals surface area contributed by atoms with Gasteiger partial charge in [0.05, 0.1) is 11.9 Å². The molecular weight excluding hydrogens is 324 g/mol. The molecule has 1 aromatic carbocycles. The van der Waals surface area contributed by atoms with E-state index in [0.717, 1.165) is 4.80 Å². The van der Waals surface area contributed by atoms with Crippen molar-refractivity contribution in [2.45, 2.75) is 4.90 Å². The minimum atomic E-state index is -3.75. The van der Waals surface area contributed by atoms with Crippen molar-refractivity contribution in [2.75, 3.05) is 10.5 Å². The third-order valence-electron chi connectivity index (χ3n) is 2.02. The molecule has 0 bridgehead atoms. The number of rotatable bonds is 3. The number of halogens is 1. The Morgan fingerprint density at radius 1 is 1.44 bits per heavy atom. The van der Waals surface area contributed by atoms with Crippen molar-refractivity contribution >= 4 is 37.6 Å². The van der Waals surface area contributed by atoms with Crippen molar-refractivity contribution < 1.29 is 8.42 Å². The summed E-state index contributed by atoms with van der Waals surface area (Å²) in [4.78, 5) is 1.20. The van der Waals surface area contributed by atoms with Crippen LogP contribution in [0.1, 0.15) is 0 Å². The second kappa shape index (κ2) is 4.53. The van der Waals surface area contributed by atoms with Gasteiger partial charge in [0.15, 0.2) is 0 Å². The highest BCUT2D eigenvalue weighted by molar-refractivity contribution is 9.10. The van der Waals surface area contributed by atoms with Crippen molar-refractivity contribution in [3.05, 3.63) is 22.7 Å². The van der Waals surface area contributed by atoms with Gasteiger partial charge in [0.1, 0.15) is 0 Å². The molecule has 0 spiro atoms. The Labute approximate surface area is 111 Å². The first-order valence-corrected chi connectivity index (χ1v) is 6.98. The van der Waals surface area contributed by atoms with Gasteiger partial charge in [-0.3, -0.25) is 0 Å². The number of sulfonamides is 1. The molecule has 8 nitrogen and oxygen atoms in total. The van der Waals surface area contributed by atoms with Crippen LogP contribution < -0.4 is 10.5 Å². The first kappa shape index (κ1) is 12.8. The van der Waals surface area contributed by atoms with Gasteiger partial charge in [-0.1, -0.05) is 5.10 Å². The molecule has 0 aliphatic rings. The second-order valence-corrected chi connectivity index (χ2v) is 5.93. The van der Waals surface area contributed by atoms with Gasteiger partial charge in [0, 0.05) is 10.2 Å². The van der Waals surface area contributed by atoms with E-state index in [4.69, 9.17) is 5.73 Å². The maximum Gasteiger partial charge on any atom is 0.277 e. The van der Waals surface area contributed by atoms with Gasteiger partial charge in [-0.05, 0) is 39.3 Å². The molecular formula is C8H9BrN6O2S. The van der Waals surface area contributed by atoms with E-state index in [2.05, 4.69) is 36.1 Å². The lowest BCUT2D eigenvalue weighted by atomic mass is 10.3. The Balaban J connectivity index is 2.33. The second-order valence-electron chi connectivity index (χ2n) is 3.39. The van der Waals surface area contributed by atoms with E-state index < -0.39 is 10.0 Å². The SMILES string of the molecule is Cn1nnc(NS(=O)(=O)c2ccc(N)c(Br)c2)n1. The molecule has 0 saturated heterocycles. The standard InChI is InChI=1S/C8H9BrN6O2S/c1-15-12-8(11-14-15)13-18(16,17)5-2-3-7(10)6(9)4-5/h2-4H,10H2,1H3,(H,12,13). The molecule has 2 rings (SSSR count). The Morgan fingerprint density at radius 2 is 2.17 bits per heavy atom. The van der Waals surface area contributed by atoms with Crippen molar-refractivity contribution in [1.29, 1.82) is 0 Å². The minimum Gasteiger partial charge on any atom is -0.398 e. The molecule has 18 heavy (non-hydrogen) atoms. The Morgan fingerprint density at radius 3 is 2.72 bits per heavy atom. The zero-order valence-corrected chi connectivity index (χ0v) is 11.6. The van der Waals surface area contributed by atoms with Crippen LogP contribution in [0.5, 0.6) is 0 Å². The van der Waals surface area contributed by atoms with E-state index >= 15 is 0 Å². The summed E-state index contributed by atoms with van der Waals surface area (Å²) in [6.45, 7) is 0. The fraction of sp³-hybridized carbons (Fsp3) is 0.125. The van der Waals surface area contributed by atoms with Crippen LogP contribution in [-0.2, 0) is 17.1 Å². The third-order valence-corrected chi connectivity index (χ3v) is 4.03. The zero-order valence-electron chi connectivity index (χ0n) is 9.20. The lowest BCUT2D eigenvalue weighted by Gasteiger charge is -2.05. The van der Waals surface area contributed by atoms with Gasteiger partial charge in [-0.15, -0.1) is 5.10 Å². The zero-order chi connectivity index (χ0) is 13.3. The average Bonchev–Trinajstić information content (AvgIpc) is 2.67. The van der Waals surface area contributed by atoms with Gasteiger partial charge < -0.3 is 5.73 Å². The number of nitrogens with two attached hydrogens (primary N) is 1. The number of nitrogens with one attached hydrogen (secondary N) is 1. The number of nitrogen functional groups attached to an aromatic ring is 1. The first-order valence-electron chi connectivity index (χ1n) is 4.70. The Hall–Kier alpha value is -1.68. The van der Waals surface area contributed by atoms with Gasteiger partial charge in [-0.25, -0.2) is 13.1 Å². The van der Waals surface area contributed by atoms with Crippen molar-refractivity contribution in [3.8, 4) is 0 Å². The molecule has 0 amide bonds. The highest BCUT2D eigenvalue weighted by Gasteiger charge is 2.17. The monoisotopic (exact) mass is 332 g/mol. The van der Waals surface area contributed by atoms with Crippen molar-refractivity contribution in [1.82, 2.24) is 20.2 Å². The molecule has 1 heterocycles. The summed E-state index contributed by atoms with van der Waals surface area (Å²) in [5.74, 6) is -0.0922. The lowest BCUT2D eigenvalue weighted by molar-refractivity contribution is 0.600. The summed E-state index contributed by atoms with van der Waals surface area (Å²) in [7, 11) is -2.22. The van der Waals surface area contributed by atoms with Crippen molar-refractivity contribution in [3.63, 3.8) is 0 Å². The summed E-state index contributed by atoms with van der Waals surface area (Å²) in [6, 6.07) is 4.27. The Kier molecular flexibility index (Phi) is 3.22. The number of hydrogen-bond acceptors (Lipinski definition) is 6. The van der Waals surface area contributed by atoms with E-state index in [9.17, 15) is 8.42 Å². The molecule has 0 aliphatic heterocycles. The fourth-order valence-corrected chi connectivity index (χ4v) is 2.67. The van der Waals surface area contributed by atoms with E-state index in [1.165, 1.54) is 25.2 Å². The Bertz CT molecular complexity index is 683. The largest absolute Gasteiger partial charge is 0.398 e. The van der Waals surface area contributed by atoms with E-state index in [-0.39, 0.29) is 10.8 Å². The molecule has 96 valence electrons. The molecule has 0 aliphatic carbocycles. The van der Waals surface area contributed by atoms with Crippen LogP contribution in [0, 0.1) is 0 Å². The molecule has 0 saturated carbocycles. The highest BCUT2D eigenvalue weighted by atomic mass is 79.9. The van der Waals surface area contributed by atoms with Crippen LogP contribution in [0.15, 0.2) is 27.6 Å². The molecule has 1 aromatic heterocycles. The quantitative estimate of drug-likeness (QED) is 0.783. The molecule has 0 fully saturated rings. The maximum absolute atomic E-state index is 12.0. The molecule has 2 aromatic rings. The van der Waals surface area contributed by atoms with Gasteiger partial charge in [0.25, 0.3) is 16.0 Å². The van der Waals surface area contributed by atoms with Crippen LogP contribution >= 0.6 is 15.9 Å². The summed E-state index contributed by atoms with van der Waals surface area (Å²) in [6.07, 6.45) is 0. The third kappa shape index (κ3) is 2.59. The summed E-state index contributed by atoms with van der Waals surface area (Å²) < 4.78 is 26.7. The molecule has 3 N–H and O–H groups in total. The first-order chi connectivity index (χ1) is 8.38. The predicted molar refractivity (Wildman–Crippen MR) is 68.2 cm³/mol. The predicted octanol–water partition coefficient (Wildman–Crippen LogP) is 0.356. The number of nitrogens with zero attached hydrogens (tertiary/aromatic N) is 4. The number of tetrazole rings is 1. The lowest BCUT2D eigenvalue weighted by Crippen LogP contribution is -2.14. The molecule has 0 radical (unpaired) electrons. The maximum atomic E-state index is 12.0. The fourth-order valence-electron chi connectivity index (χ4n) is 1.18. The minimum absolute atomic E-state index is 0.0519. The van der Waals surface area contributed by atoms with Gasteiger partial charge in [-0.2, -0.15) is 4.80 Å². The number of aromatic nitrogens is 4. The van der Waals surface area contributed by atoms with Crippen LogP contribution in [0.3, 0.4) is 0 Å². The summed E-state index contributed by atoms with van der Waals surface area (Å²) in [5, 5.41) is 10.8. The van der Waals surface area contributed by atoms with E-state index in [1.807, 2.05) is 0 Å². The van der Waals surface area contributed by atoms with Gasteiger partial charge >= 0.3 is 0 Å². The van der Waals surface area contributed by atoms with E-state index in [0.29, 0.717) is 10.2 Å². The summed E-state index contributed by atoms with van der Waals surface area (Å²) in [5.41, 5.74) is 6.04. The number of hydrogen-bond donors (Lipinski definition) is 2. The van der Waals surface area contributed by atoms with E-state index in [1.54, 1.807) is 0 Å². The van der Waals surface area contributed by atoms with Crippen LogP contribution in [0.2, 0.25) is 0 Å². The summed E-state index contributed by atoms with van der Waals surface area (Å²) >= 11 is 3.16. The van der Waals surface area contributed by atoms with Gasteiger partial charge in [0.2, 0.25) is 0 Å². The number of aryl methyl sites for hydroxylation is 1. The molecule has 0 atom stereocenters. The number of anilines is 2. The normalized spacial score (nSPS) is 11.4. The van der Waals surface area contributed by atoms with Crippen molar-refractivity contribution in [2.24, 2.45) is 7.05 Å². The highest BCUT2D eigenvalue weighted by Crippen LogP contribution is 2.23. The molecule has 10 heteroatoms. The topological polar surface area (TPSA) is 116 Å². The molecule has 0 unspecified atom stereocenters. The smallest absolute Gasteiger partial charge is 0.277 e.